The van der Waals surface area contributed by atoms with Crippen LogP contribution in [0.15, 0.2) is 28.6 Å². The Balaban J connectivity index is 2.08. The van der Waals surface area contributed by atoms with Crippen LogP contribution in [-0.4, -0.2) is 38.0 Å². The van der Waals surface area contributed by atoms with Crippen LogP contribution in [0.4, 0.5) is 18.9 Å². The molecule has 1 aliphatic heterocycles. The Labute approximate surface area is 192 Å². The third-order valence-electron chi connectivity index (χ3n) is 4.72. The summed E-state index contributed by atoms with van der Waals surface area (Å²) in [4.78, 5) is 28.0. The van der Waals surface area contributed by atoms with E-state index in [1.54, 1.807) is 24.4 Å². The van der Waals surface area contributed by atoms with Crippen molar-refractivity contribution in [2.24, 2.45) is 4.99 Å². The number of alkyl halides is 3. The predicted octanol–water partition coefficient (Wildman–Crippen LogP) is 4.37. The first-order valence-electron chi connectivity index (χ1n) is 9.39. The first kappa shape index (κ1) is 22.9. The lowest BCUT2D eigenvalue weighted by molar-refractivity contribution is -0.384. The number of esters is 1. The predicted molar refractivity (Wildman–Crippen MR) is 112 cm³/mol. The Kier molecular flexibility index (Phi) is 5.93. The van der Waals surface area contributed by atoms with Gasteiger partial charge in [-0.1, -0.05) is 17.7 Å². The fourth-order valence-corrected chi connectivity index (χ4v) is 4.51. The van der Waals surface area contributed by atoms with Crippen molar-refractivity contribution in [1.82, 2.24) is 14.8 Å². The Morgan fingerprint density at radius 1 is 1.39 bits per heavy atom. The van der Waals surface area contributed by atoms with Crippen LogP contribution in [-0.2, 0) is 28.7 Å². The summed E-state index contributed by atoms with van der Waals surface area (Å²) in [6.45, 7) is 1.54. The van der Waals surface area contributed by atoms with Crippen LogP contribution in [0.5, 0.6) is 0 Å². The van der Waals surface area contributed by atoms with E-state index in [0.29, 0.717) is 4.88 Å². The van der Waals surface area contributed by atoms with Crippen LogP contribution in [0, 0.1) is 10.1 Å². The number of thiophene rings is 1. The summed E-state index contributed by atoms with van der Waals surface area (Å²) in [7, 11) is 0. The minimum Gasteiger partial charge on any atom is -0.466 e. The molecule has 0 fully saturated rings. The van der Waals surface area contributed by atoms with Gasteiger partial charge in [0.15, 0.2) is 5.82 Å². The number of hydrogen-bond donors (Lipinski definition) is 0. The molecule has 3 heterocycles. The highest BCUT2D eigenvalue weighted by Crippen LogP contribution is 2.45. The molecule has 14 heteroatoms. The van der Waals surface area contributed by atoms with Gasteiger partial charge in [0, 0.05) is 5.56 Å². The number of hydrogen-bond acceptors (Lipinski definition) is 8. The first-order chi connectivity index (χ1) is 15.6. The fraction of sp³-hybridized carbons (Fsp3) is 0.263. The van der Waals surface area contributed by atoms with Gasteiger partial charge in [-0.05, 0) is 24.4 Å². The van der Waals surface area contributed by atoms with Crippen molar-refractivity contribution in [2.45, 2.75) is 26.1 Å². The van der Waals surface area contributed by atoms with E-state index in [0.717, 1.165) is 6.07 Å². The molecule has 0 atom stereocenters. The van der Waals surface area contributed by atoms with Gasteiger partial charge in [0.05, 0.1) is 27.7 Å². The Bertz CT molecular complexity index is 1290. The number of nitro groups is 1. The summed E-state index contributed by atoms with van der Waals surface area (Å²) in [6, 6.07) is 4.04. The van der Waals surface area contributed by atoms with Gasteiger partial charge in [-0.2, -0.15) is 13.2 Å². The van der Waals surface area contributed by atoms with Crippen molar-refractivity contribution in [3.8, 4) is 5.69 Å². The number of carbonyl (C=O) groups excluding carboxylic acids is 1. The lowest BCUT2D eigenvalue weighted by Gasteiger charge is -2.17. The average molecular weight is 500 g/mol. The summed E-state index contributed by atoms with van der Waals surface area (Å²) in [5, 5.41) is 20.5. The number of nitro benzene ring substituents is 1. The second kappa shape index (κ2) is 8.56. The lowest BCUT2D eigenvalue weighted by Crippen LogP contribution is -2.18. The molecular formula is C19H13ClF3N5O4S. The van der Waals surface area contributed by atoms with E-state index in [2.05, 4.69) is 15.2 Å². The number of nitrogens with zero attached hydrogens (tertiary/aromatic N) is 5. The van der Waals surface area contributed by atoms with E-state index in [-0.39, 0.29) is 41.8 Å². The number of fused-ring (bicyclic) bond motifs is 3. The van der Waals surface area contributed by atoms with Gasteiger partial charge in [0.2, 0.25) is 0 Å². The van der Waals surface area contributed by atoms with Crippen LogP contribution in [0.2, 0.25) is 5.02 Å². The molecule has 3 aromatic rings. The molecule has 1 aromatic carbocycles. The molecule has 0 spiro atoms. The minimum absolute atomic E-state index is 0.0498. The van der Waals surface area contributed by atoms with Gasteiger partial charge >= 0.3 is 17.8 Å². The zero-order valence-corrected chi connectivity index (χ0v) is 18.3. The molecule has 0 bridgehead atoms. The Morgan fingerprint density at radius 3 is 2.76 bits per heavy atom. The first-order valence-corrected chi connectivity index (χ1v) is 10.6. The summed E-state index contributed by atoms with van der Waals surface area (Å²) < 4.78 is 47.4. The standard InChI is InChI=1S/C19H13ClF3N5O4S/c1-2-32-14(29)7-12-25-26-13-8-24-16(11-4-3-5-33-11)9-6-10(19(21,22)23)15(20)18(28(30)31)17(9)27(12)13/h3-6H,2,7-8H2,1H3. The molecule has 9 nitrogen and oxygen atoms in total. The third kappa shape index (κ3) is 4.09. The molecule has 0 saturated heterocycles. The van der Waals surface area contributed by atoms with Gasteiger partial charge < -0.3 is 4.74 Å². The van der Waals surface area contributed by atoms with Crippen molar-refractivity contribution in [1.29, 1.82) is 0 Å². The zero-order valence-electron chi connectivity index (χ0n) is 16.7. The minimum atomic E-state index is -4.96. The summed E-state index contributed by atoms with van der Waals surface area (Å²) in [5.74, 6) is -0.633. The van der Waals surface area contributed by atoms with Crippen molar-refractivity contribution < 1.29 is 27.6 Å². The Hall–Kier alpha value is -3.32. The zero-order chi connectivity index (χ0) is 23.9. The molecule has 0 saturated carbocycles. The van der Waals surface area contributed by atoms with E-state index in [4.69, 9.17) is 16.3 Å². The number of halogens is 4. The van der Waals surface area contributed by atoms with Crippen LogP contribution < -0.4 is 0 Å². The molecule has 2 aromatic heterocycles. The average Bonchev–Trinajstić information content (AvgIpc) is 3.35. The monoisotopic (exact) mass is 499 g/mol. The quantitative estimate of drug-likeness (QED) is 0.293. The van der Waals surface area contributed by atoms with Crippen molar-refractivity contribution in [2.75, 3.05) is 6.61 Å². The van der Waals surface area contributed by atoms with E-state index >= 15 is 0 Å². The van der Waals surface area contributed by atoms with Crippen LogP contribution >= 0.6 is 22.9 Å². The molecule has 0 unspecified atom stereocenters. The van der Waals surface area contributed by atoms with Gasteiger partial charge in [0.1, 0.15) is 29.5 Å². The number of carbonyl (C=O) groups is 1. The number of benzene rings is 1. The van der Waals surface area contributed by atoms with Crippen molar-refractivity contribution >= 4 is 40.3 Å². The highest BCUT2D eigenvalue weighted by atomic mass is 35.5. The molecule has 4 rings (SSSR count). The van der Waals surface area contributed by atoms with Crippen molar-refractivity contribution in [3.63, 3.8) is 0 Å². The van der Waals surface area contributed by atoms with E-state index in [1.165, 1.54) is 15.9 Å². The molecular weight excluding hydrogens is 487 g/mol. The lowest BCUT2D eigenvalue weighted by atomic mass is 10.00. The third-order valence-corrected chi connectivity index (χ3v) is 5.98. The van der Waals surface area contributed by atoms with Gasteiger partial charge in [-0.25, -0.2) is 0 Å². The second-order valence-corrected chi connectivity index (χ2v) is 8.06. The maximum Gasteiger partial charge on any atom is 0.418 e. The largest absolute Gasteiger partial charge is 0.466 e. The summed E-state index contributed by atoms with van der Waals surface area (Å²) in [6.07, 6.45) is -5.38. The highest BCUT2D eigenvalue weighted by Gasteiger charge is 2.42. The van der Waals surface area contributed by atoms with Crippen LogP contribution in [0.25, 0.3) is 5.69 Å². The Morgan fingerprint density at radius 2 is 2.15 bits per heavy atom. The van der Waals surface area contributed by atoms with E-state index in [9.17, 15) is 28.1 Å². The molecule has 1 aliphatic rings. The smallest absolute Gasteiger partial charge is 0.418 e. The molecule has 33 heavy (non-hydrogen) atoms. The van der Waals surface area contributed by atoms with Gasteiger partial charge in [-0.3, -0.25) is 24.5 Å². The molecule has 0 aliphatic carbocycles. The number of ether oxygens (including phenoxy) is 1. The number of aliphatic imine (C=N–C) groups is 1. The molecule has 0 amide bonds. The highest BCUT2D eigenvalue weighted by molar-refractivity contribution is 7.12. The van der Waals surface area contributed by atoms with E-state index in [1.807, 2.05) is 0 Å². The number of rotatable bonds is 5. The summed E-state index contributed by atoms with van der Waals surface area (Å²) >= 11 is 7.15. The SMILES string of the molecule is CCOC(=O)Cc1nnc2n1-c1c(cc(C(F)(F)F)c(Cl)c1[N+](=O)[O-])C(c1cccs1)=NC2. The van der Waals surface area contributed by atoms with E-state index < -0.39 is 39.8 Å². The molecule has 0 N–H and O–H groups in total. The molecule has 172 valence electrons. The van der Waals surface area contributed by atoms with Crippen LogP contribution in [0.1, 0.15) is 34.6 Å². The molecule has 0 radical (unpaired) electrons. The maximum absolute atomic E-state index is 13.8. The number of aromatic nitrogens is 3. The topological polar surface area (TPSA) is 113 Å². The normalized spacial score (nSPS) is 13.1. The van der Waals surface area contributed by atoms with Crippen molar-refractivity contribution in [3.05, 3.63) is 66.4 Å². The second-order valence-electron chi connectivity index (χ2n) is 6.73. The summed E-state index contributed by atoms with van der Waals surface area (Å²) in [5.41, 5.74) is -2.72. The maximum atomic E-state index is 13.8. The van der Waals surface area contributed by atoms with Crippen LogP contribution in [0.3, 0.4) is 0 Å². The van der Waals surface area contributed by atoms with Gasteiger partial charge in [0.25, 0.3) is 0 Å². The van der Waals surface area contributed by atoms with Gasteiger partial charge in [-0.15, -0.1) is 21.5 Å². The fourth-order valence-electron chi connectivity index (χ4n) is 3.44.